The minimum Gasteiger partial charge on any atom is -0.492 e. The van der Waals surface area contributed by atoms with Crippen LogP contribution in [-0.2, 0) is 0 Å². The highest BCUT2D eigenvalue weighted by molar-refractivity contribution is 5.87. The molecule has 0 amide bonds. The Kier molecular flexibility index (Phi) is 6.05. The minimum absolute atomic E-state index is 0.292. The molecule has 0 spiro atoms. The molecule has 1 atom stereocenters. The molecule has 1 unspecified atom stereocenters. The number of likely N-dealkylation sites (tertiary alicyclic amines) is 1. The second-order valence-electron chi connectivity index (χ2n) is 5.72. The number of benzene rings is 1. The van der Waals surface area contributed by atoms with Gasteiger partial charge < -0.3 is 9.84 Å². The van der Waals surface area contributed by atoms with Crippen molar-refractivity contribution in [3.63, 3.8) is 0 Å². The van der Waals surface area contributed by atoms with Gasteiger partial charge in [-0.2, -0.15) is 0 Å². The van der Waals surface area contributed by atoms with Gasteiger partial charge in [0.15, 0.2) is 0 Å². The van der Waals surface area contributed by atoms with Crippen LogP contribution in [0, 0.1) is 5.92 Å². The van der Waals surface area contributed by atoms with Gasteiger partial charge in [0.1, 0.15) is 12.4 Å². The number of carboxylic acid groups (broad SMARTS) is 1. The van der Waals surface area contributed by atoms with Crippen molar-refractivity contribution < 1.29 is 14.6 Å². The number of nitrogens with zero attached hydrogens (tertiary/aromatic N) is 1. The maximum atomic E-state index is 10.8. The van der Waals surface area contributed by atoms with Gasteiger partial charge in [0.2, 0.25) is 0 Å². The summed E-state index contributed by atoms with van der Waals surface area (Å²) in [5.74, 6) is 0.720. The molecule has 0 radical (unpaired) electrons. The monoisotopic (exact) mass is 291 g/mol. The lowest BCUT2D eigenvalue weighted by atomic mass is 9.98. The van der Waals surface area contributed by atoms with E-state index in [4.69, 9.17) is 9.84 Å². The zero-order valence-electron chi connectivity index (χ0n) is 12.8. The highest BCUT2D eigenvalue weighted by Gasteiger charge is 2.15. The molecule has 1 saturated heterocycles. The molecule has 0 aliphatic carbocycles. The summed E-state index contributed by atoms with van der Waals surface area (Å²) < 4.78 is 5.70. The van der Waals surface area contributed by atoms with E-state index in [0.717, 1.165) is 24.8 Å². The van der Waals surface area contributed by atoms with Gasteiger partial charge in [-0.1, -0.05) is 13.3 Å². The molecular weight excluding hydrogens is 266 g/mol. The van der Waals surface area contributed by atoms with Gasteiger partial charge in [0, 0.05) is 6.54 Å². The van der Waals surface area contributed by atoms with Gasteiger partial charge in [-0.3, -0.25) is 4.90 Å². The summed E-state index contributed by atoms with van der Waals surface area (Å²) in [5, 5.41) is 8.84. The highest BCUT2D eigenvalue weighted by Crippen LogP contribution is 2.20. The zero-order chi connectivity index (χ0) is 15.1. The fourth-order valence-electron chi connectivity index (χ4n) is 2.84. The fraction of sp³-hybridized carbons (Fsp3) is 0.588. The normalized spacial score (nSPS) is 20.0. The summed E-state index contributed by atoms with van der Waals surface area (Å²) in [6.07, 6.45) is 5.22. The molecule has 0 saturated carbocycles. The fourth-order valence-corrected chi connectivity index (χ4v) is 2.84. The van der Waals surface area contributed by atoms with Crippen LogP contribution in [0.4, 0.5) is 0 Å². The Morgan fingerprint density at radius 3 is 2.71 bits per heavy atom. The number of hydrogen-bond acceptors (Lipinski definition) is 3. The predicted molar refractivity (Wildman–Crippen MR) is 83.0 cm³/mol. The van der Waals surface area contributed by atoms with Gasteiger partial charge in [-0.15, -0.1) is 0 Å². The smallest absolute Gasteiger partial charge is 0.335 e. The first-order chi connectivity index (χ1) is 10.2. The van der Waals surface area contributed by atoms with Crippen molar-refractivity contribution in [3.8, 4) is 5.75 Å². The Bertz CT molecular complexity index is 444. The number of aromatic carboxylic acids is 1. The molecule has 1 heterocycles. The minimum atomic E-state index is -0.906. The van der Waals surface area contributed by atoms with Crippen molar-refractivity contribution in [2.24, 2.45) is 5.92 Å². The van der Waals surface area contributed by atoms with Crippen LogP contribution in [0.2, 0.25) is 0 Å². The summed E-state index contributed by atoms with van der Waals surface area (Å²) in [5.41, 5.74) is 0.292. The molecular formula is C17H25NO3. The summed E-state index contributed by atoms with van der Waals surface area (Å²) in [7, 11) is 0. The SMILES string of the molecule is CCC1CCCN(CCOc2ccc(C(=O)O)cc2)CC1. The van der Waals surface area contributed by atoms with Crippen LogP contribution in [0.1, 0.15) is 43.0 Å². The van der Waals surface area contributed by atoms with Gasteiger partial charge in [0.05, 0.1) is 5.56 Å². The molecule has 1 fully saturated rings. The third-order valence-electron chi connectivity index (χ3n) is 4.30. The Balaban J connectivity index is 1.72. The molecule has 1 N–H and O–H groups in total. The largest absolute Gasteiger partial charge is 0.492 e. The molecule has 4 nitrogen and oxygen atoms in total. The quantitative estimate of drug-likeness (QED) is 0.874. The molecule has 1 aliphatic rings. The number of carboxylic acids is 1. The van der Waals surface area contributed by atoms with E-state index in [1.54, 1.807) is 24.3 Å². The Morgan fingerprint density at radius 2 is 2.05 bits per heavy atom. The topological polar surface area (TPSA) is 49.8 Å². The van der Waals surface area contributed by atoms with E-state index < -0.39 is 5.97 Å². The molecule has 0 bridgehead atoms. The molecule has 1 aromatic rings. The van der Waals surface area contributed by atoms with Crippen LogP contribution < -0.4 is 4.74 Å². The van der Waals surface area contributed by atoms with Crippen LogP contribution in [0.25, 0.3) is 0 Å². The van der Waals surface area contributed by atoms with Gasteiger partial charge in [-0.05, 0) is 62.5 Å². The first kappa shape index (κ1) is 15.8. The van der Waals surface area contributed by atoms with Crippen molar-refractivity contribution in [3.05, 3.63) is 29.8 Å². The van der Waals surface area contributed by atoms with Crippen LogP contribution in [0.15, 0.2) is 24.3 Å². The number of hydrogen-bond donors (Lipinski definition) is 1. The number of rotatable bonds is 6. The maximum Gasteiger partial charge on any atom is 0.335 e. The van der Waals surface area contributed by atoms with E-state index >= 15 is 0 Å². The molecule has 21 heavy (non-hydrogen) atoms. The third-order valence-corrected chi connectivity index (χ3v) is 4.30. The summed E-state index contributed by atoms with van der Waals surface area (Å²) in [6.45, 7) is 6.21. The average Bonchev–Trinajstić information content (AvgIpc) is 2.73. The summed E-state index contributed by atoms with van der Waals surface area (Å²) in [4.78, 5) is 13.2. The van der Waals surface area contributed by atoms with Crippen LogP contribution >= 0.6 is 0 Å². The molecule has 116 valence electrons. The summed E-state index contributed by atoms with van der Waals surface area (Å²) in [6, 6.07) is 6.60. The van der Waals surface area contributed by atoms with Gasteiger partial charge >= 0.3 is 5.97 Å². The summed E-state index contributed by atoms with van der Waals surface area (Å²) >= 11 is 0. The van der Waals surface area contributed by atoms with Crippen LogP contribution in [-0.4, -0.2) is 42.2 Å². The number of ether oxygens (including phenoxy) is 1. The lowest BCUT2D eigenvalue weighted by molar-refractivity contribution is 0.0697. The first-order valence-corrected chi connectivity index (χ1v) is 7.87. The first-order valence-electron chi connectivity index (χ1n) is 7.87. The van der Waals surface area contributed by atoms with Crippen molar-refractivity contribution in [1.82, 2.24) is 4.90 Å². The van der Waals surface area contributed by atoms with E-state index in [9.17, 15) is 4.79 Å². The predicted octanol–water partition coefficient (Wildman–Crippen LogP) is 3.28. The molecule has 0 aromatic heterocycles. The molecule has 1 aliphatic heterocycles. The second kappa shape index (κ2) is 8.03. The lowest BCUT2D eigenvalue weighted by Crippen LogP contribution is -2.29. The Hall–Kier alpha value is -1.55. The standard InChI is InChI=1S/C17H25NO3/c1-2-14-4-3-10-18(11-9-14)12-13-21-16-7-5-15(6-8-16)17(19)20/h5-8,14H,2-4,9-13H2,1H3,(H,19,20). The average molecular weight is 291 g/mol. The van der Waals surface area contributed by atoms with Gasteiger partial charge in [0.25, 0.3) is 0 Å². The van der Waals surface area contributed by atoms with Crippen molar-refractivity contribution in [1.29, 1.82) is 0 Å². The third kappa shape index (κ3) is 5.05. The lowest BCUT2D eigenvalue weighted by Gasteiger charge is -2.20. The van der Waals surface area contributed by atoms with E-state index in [2.05, 4.69) is 11.8 Å². The second-order valence-corrected chi connectivity index (χ2v) is 5.72. The Labute approximate surface area is 126 Å². The zero-order valence-corrected chi connectivity index (χ0v) is 12.8. The number of carbonyl (C=O) groups is 1. The molecule has 2 rings (SSSR count). The van der Waals surface area contributed by atoms with E-state index in [1.807, 2.05) is 0 Å². The van der Waals surface area contributed by atoms with E-state index in [0.29, 0.717) is 12.2 Å². The highest BCUT2D eigenvalue weighted by atomic mass is 16.5. The van der Waals surface area contributed by atoms with E-state index in [1.165, 1.54) is 32.2 Å². The molecule has 4 heteroatoms. The van der Waals surface area contributed by atoms with E-state index in [-0.39, 0.29) is 0 Å². The van der Waals surface area contributed by atoms with Crippen molar-refractivity contribution in [2.75, 3.05) is 26.2 Å². The molecule has 1 aromatic carbocycles. The van der Waals surface area contributed by atoms with Crippen LogP contribution in [0.5, 0.6) is 5.75 Å². The van der Waals surface area contributed by atoms with Crippen molar-refractivity contribution in [2.45, 2.75) is 32.6 Å². The van der Waals surface area contributed by atoms with Gasteiger partial charge in [-0.25, -0.2) is 4.79 Å². The van der Waals surface area contributed by atoms with Crippen LogP contribution in [0.3, 0.4) is 0 Å². The Morgan fingerprint density at radius 1 is 1.29 bits per heavy atom. The maximum absolute atomic E-state index is 10.8. The van der Waals surface area contributed by atoms with Crippen molar-refractivity contribution >= 4 is 5.97 Å².